The number of halogens is 2. The van der Waals surface area contributed by atoms with Crippen LogP contribution in [0.3, 0.4) is 0 Å². The fourth-order valence-electron chi connectivity index (χ4n) is 1.86. The lowest BCUT2D eigenvalue weighted by Gasteiger charge is -2.20. The predicted molar refractivity (Wildman–Crippen MR) is 56.0 cm³/mol. The highest BCUT2D eigenvalue weighted by Crippen LogP contribution is 2.28. The number of rotatable bonds is 1. The fourth-order valence-corrected chi connectivity index (χ4v) is 1.86. The molecule has 2 nitrogen and oxygen atoms in total. The first kappa shape index (κ1) is 10.3. The third-order valence-electron chi connectivity index (χ3n) is 2.63. The summed E-state index contributed by atoms with van der Waals surface area (Å²) in [5, 5.41) is 4.11. The number of hydrazone groups is 1. The Labute approximate surface area is 87.7 Å². The smallest absolute Gasteiger partial charge is 0.133 e. The number of alkyl halides is 1. The van der Waals surface area contributed by atoms with Crippen LogP contribution in [-0.4, -0.2) is 17.4 Å². The molecule has 0 bridgehead atoms. The molecule has 0 aromatic carbocycles. The molecule has 4 heteroatoms. The summed E-state index contributed by atoms with van der Waals surface area (Å²) in [6, 6.07) is 0. The van der Waals surface area contributed by atoms with E-state index in [9.17, 15) is 8.78 Å². The predicted octanol–water partition coefficient (Wildman–Crippen LogP) is 2.49. The Morgan fingerprint density at radius 1 is 1.53 bits per heavy atom. The second kappa shape index (κ2) is 3.43. The maximum Gasteiger partial charge on any atom is 0.133 e. The summed E-state index contributed by atoms with van der Waals surface area (Å²) in [4.78, 5) is 0. The van der Waals surface area contributed by atoms with E-state index in [-0.39, 0.29) is 5.54 Å². The maximum absolute atomic E-state index is 13.5. The molecule has 2 unspecified atom stereocenters. The standard InChI is InChI=1S/C11H14F2N2/c1-11(2)6-10(14-15-11)8-4-3-7(12)5-9(8)13/h3-5,8-9,15H,6H2,1-2H3. The third kappa shape index (κ3) is 2.08. The molecular formula is C11H14F2N2. The Kier molecular flexibility index (Phi) is 2.37. The molecule has 0 saturated carbocycles. The second-order valence-electron chi connectivity index (χ2n) is 4.66. The normalized spacial score (nSPS) is 33.3. The molecule has 0 aromatic heterocycles. The van der Waals surface area contributed by atoms with Crippen molar-refractivity contribution in [3.05, 3.63) is 24.1 Å². The van der Waals surface area contributed by atoms with Gasteiger partial charge in [-0.25, -0.2) is 8.78 Å². The molecule has 0 saturated heterocycles. The van der Waals surface area contributed by atoms with Gasteiger partial charge in [0, 0.05) is 6.42 Å². The topological polar surface area (TPSA) is 24.4 Å². The number of nitrogens with zero attached hydrogens (tertiary/aromatic N) is 1. The van der Waals surface area contributed by atoms with Gasteiger partial charge in [-0.15, -0.1) is 0 Å². The largest absolute Gasteiger partial charge is 0.304 e. The van der Waals surface area contributed by atoms with Crippen LogP contribution in [0.1, 0.15) is 20.3 Å². The highest BCUT2D eigenvalue weighted by atomic mass is 19.1. The van der Waals surface area contributed by atoms with Gasteiger partial charge in [0.15, 0.2) is 0 Å². The second-order valence-corrected chi connectivity index (χ2v) is 4.66. The molecule has 0 fully saturated rings. The van der Waals surface area contributed by atoms with Crippen molar-refractivity contribution < 1.29 is 8.78 Å². The zero-order valence-electron chi connectivity index (χ0n) is 8.80. The van der Waals surface area contributed by atoms with Crippen LogP contribution in [0.4, 0.5) is 8.78 Å². The average Bonchev–Trinajstić information content (AvgIpc) is 2.46. The number of allylic oxidation sites excluding steroid dienone is 4. The van der Waals surface area contributed by atoms with Crippen molar-refractivity contribution >= 4 is 5.71 Å². The summed E-state index contributed by atoms with van der Waals surface area (Å²) < 4.78 is 26.3. The van der Waals surface area contributed by atoms with Gasteiger partial charge in [0.25, 0.3) is 0 Å². The molecule has 1 N–H and O–H groups in total. The number of hydrogen-bond donors (Lipinski definition) is 1. The van der Waals surface area contributed by atoms with Crippen molar-refractivity contribution in [2.75, 3.05) is 0 Å². The summed E-state index contributed by atoms with van der Waals surface area (Å²) >= 11 is 0. The van der Waals surface area contributed by atoms with Crippen molar-refractivity contribution in [2.45, 2.75) is 32.0 Å². The van der Waals surface area contributed by atoms with Gasteiger partial charge in [-0.05, 0) is 26.0 Å². The van der Waals surface area contributed by atoms with Gasteiger partial charge in [-0.3, -0.25) is 0 Å². The van der Waals surface area contributed by atoms with Gasteiger partial charge >= 0.3 is 0 Å². The molecule has 0 spiro atoms. The highest BCUT2D eigenvalue weighted by molar-refractivity contribution is 5.91. The van der Waals surface area contributed by atoms with E-state index in [4.69, 9.17) is 0 Å². The van der Waals surface area contributed by atoms with Crippen molar-refractivity contribution in [1.29, 1.82) is 0 Å². The van der Waals surface area contributed by atoms with Gasteiger partial charge in [-0.1, -0.05) is 6.08 Å². The van der Waals surface area contributed by atoms with E-state index < -0.39 is 17.9 Å². The van der Waals surface area contributed by atoms with Crippen LogP contribution in [0.5, 0.6) is 0 Å². The Morgan fingerprint density at radius 2 is 2.27 bits per heavy atom. The summed E-state index contributed by atoms with van der Waals surface area (Å²) in [5.41, 5.74) is 3.58. The number of hydrogen-bond acceptors (Lipinski definition) is 2. The Bertz CT molecular complexity index is 356. The van der Waals surface area contributed by atoms with E-state index in [2.05, 4.69) is 10.5 Å². The van der Waals surface area contributed by atoms with E-state index in [1.165, 1.54) is 6.08 Å². The molecule has 1 heterocycles. The molecule has 0 amide bonds. The molecular weight excluding hydrogens is 198 g/mol. The molecule has 0 aromatic rings. The molecule has 2 rings (SSSR count). The van der Waals surface area contributed by atoms with Gasteiger partial charge in [-0.2, -0.15) is 5.10 Å². The fraction of sp³-hybridized carbons (Fsp3) is 0.545. The molecule has 1 aliphatic carbocycles. The highest BCUT2D eigenvalue weighted by Gasteiger charge is 2.33. The summed E-state index contributed by atoms with van der Waals surface area (Å²) in [6.45, 7) is 4.00. The lowest BCUT2D eigenvalue weighted by atomic mass is 9.87. The van der Waals surface area contributed by atoms with Crippen LogP contribution in [0.15, 0.2) is 29.2 Å². The monoisotopic (exact) mass is 212 g/mol. The quantitative estimate of drug-likeness (QED) is 0.709. The third-order valence-corrected chi connectivity index (χ3v) is 2.63. The minimum Gasteiger partial charge on any atom is -0.304 e. The molecule has 2 atom stereocenters. The summed E-state index contributed by atoms with van der Waals surface area (Å²) in [7, 11) is 0. The van der Waals surface area contributed by atoms with Gasteiger partial charge in [0.1, 0.15) is 12.0 Å². The van der Waals surface area contributed by atoms with Crippen LogP contribution in [-0.2, 0) is 0 Å². The lowest BCUT2D eigenvalue weighted by Crippen LogP contribution is -2.32. The van der Waals surface area contributed by atoms with Crippen LogP contribution in [0, 0.1) is 5.92 Å². The van der Waals surface area contributed by atoms with Gasteiger partial charge in [0.2, 0.25) is 0 Å². The zero-order valence-corrected chi connectivity index (χ0v) is 8.80. The van der Waals surface area contributed by atoms with E-state index in [0.29, 0.717) is 6.42 Å². The minimum absolute atomic E-state index is 0.122. The van der Waals surface area contributed by atoms with Gasteiger partial charge in [0.05, 0.1) is 17.2 Å². The SMILES string of the molecule is CC1(C)CC(C2C=CC(F)=CC2F)=NN1. The molecule has 82 valence electrons. The average molecular weight is 212 g/mol. The first-order valence-corrected chi connectivity index (χ1v) is 5.01. The van der Waals surface area contributed by atoms with Crippen LogP contribution in [0.25, 0.3) is 0 Å². The van der Waals surface area contributed by atoms with Crippen molar-refractivity contribution in [1.82, 2.24) is 5.43 Å². The van der Waals surface area contributed by atoms with E-state index in [0.717, 1.165) is 11.8 Å². The first-order chi connectivity index (χ1) is 6.98. The van der Waals surface area contributed by atoms with Crippen LogP contribution in [0.2, 0.25) is 0 Å². The molecule has 0 radical (unpaired) electrons. The Hall–Kier alpha value is -1.19. The maximum atomic E-state index is 13.5. The molecule has 1 aliphatic heterocycles. The first-order valence-electron chi connectivity index (χ1n) is 5.01. The van der Waals surface area contributed by atoms with E-state index in [1.807, 2.05) is 13.8 Å². The van der Waals surface area contributed by atoms with Crippen molar-refractivity contribution in [3.8, 4) is 0 Å². The molecule has 2 aliphatic rings. The Balaban J connectivity index is 2.12. The summed E-state index contributed by atoms with van der Waals surface area (Å²) in [5.74, 6) is -0.927. The lowest BCUT2D eigenvalue weighted by molar-refractivity contribution is 0.355. The Morgan fingerprint density at radius 3 is 2.80 bits per heavy atom. The van der Waals surface area contributed by atoms with Crippen molar-refractivity contribution in [2.24, 2.45) is 11.0 Å². The summed E-state index contributed by atoms with van der Waals surface area (Å²) in [6.07, 6.45) is 3.23. The van der Waals surface area contributed by atoms with Crippen LogP contribution < -0.4 is 5.43 Å². The van der Waals surface area contributed by atoms with Gasteiger partial charge < -0.3 is 5.43 Å². The minimum atomic E-state index is -1.30. The zero-order chi connectivity index (χ0) is 11.1. The number of nitrogens with one attached hydrogen (secondary N) is 1. The van der Waals surface area contributed by atoms with Crippen molar-refractivity contribution in [3.63, 3.8) is 0 Å². The molecule has 15 heavy (non-hydrogen) atoms. The van der Waals surface area contributed by atoms with E-state index >= 15 is 0 Å². The van der Waals surface area contributed by atoms with E-state index in [1.54, 1.807) is 6.08 Å². The van der Waals surface area contributed by atoms with Crippen LogP contribution >= 0.6 is 0 Å².